The van der Waals surface area contributed by atoms with Crippen molar-refractivity contribution in [2.75, 3.05) is 11.9 Å². The number of anilines is 1. The maximum Gasteiger partial charge on any atom is 0.263 e. The smallest absolute Gasteiger partial charge is 0.263 e. The molecule has 0 radical (unpaired) electrons. The van der Waals surface area contributed by atoms with Crippen molar-refractivity contribution >= 4 is 27.5 Å². The number of hydrogen-bond donors (Lipinski definition) is 2. The summed E-state index contributed by atoms with van der Waals surface area (Å²) in [5.41, 5.74) is 2.73. The number of sulfonamides is 1. The lowest BCUT2D eigenvalue weighted by atomic mass is 9.99. The standard InChI is InChI=1S/C23H29N3O3S/c1-3-17(2)18-12-14-19(15-13-18)25-22(27)11-5-4-8-16-24-23-20-9-6-7-10-21(20)30(28,29)26-23/h6-7,9-10,12-15,17H,3-5,8,11,16H2,1-2H3,(H,24,26)(H,25,27). The maximum atomic E-state index is 12.1. The van der Waals surface area contributed by atoms with Crippen molar-refractivity contribution < 1.29 is 13.2 Å². The highest BCUT2D eigenvalue weighted by atomic mass is 32.2. The van der Waals surface area contributed by atoms with Crippen molar-refractivity contribution in [3.63, 3.8) is 0 Å². The molecule has 2 aromatic carbocycles. The SMILES string of the molecule is CCC(C)c1ccc(NC(=O)CCCCCN=C2NS(=O)(=O)c3ccccc32)cc1. The van der Waals surface area contributed by atoms with E-state index in [0.29, 0.717) is 30.3 Å². The molecule has 6 nitrogen and oxygen atoms in total. The molecule has 30 heavy (non-hydrogen) atoms. The van der Waals surface area contributed by atoms with Gasteiger partial charge in [0.15, 0.2) is 0 Å². The molecule has 7 heteroatoms. The summed E-state index contributed by atoms with van der Waals surface area (Å²) in [6, 6.07) is 14.9. The minimum atomic E-state index is -3.49. The third-order valence-corrected chi connectivity index (χ3v) is 6.77. The third-order valence-electron chi connectivity index (χ3n) is 5.37. The summed E-state index contributed by atoms with van der Waals surface area (Å²) in [6.45, 7) is 4.88. The first-order valence-electron chi connectivity index (χ1n) is 10.5. The molecule has 1 unspecified atom stereocenters. The molecule has 0 saturated carbocycles. The maximum absolute atomic E-state index is 12.1. The van der Waals surface area contributed by atoms with E-state index >= 15 is 0 Å². The van der Waals surface area contributed by atoms with Gasteiger partial charge in [0.05, 0.1) is 4.90 Å². The Morgan fingerprint density at radius 1 is 1.07 bits per heavy atom. The van der Waals surface area contributed by atoms with Gasteiger partial charge in [0.1, 0.15) is 5.84 Å². The van der Waals surface area contributed by atoms with E-state index in [1.165, 1.54) is 5.56 Å². The van der Waals surface area contributed by atoms with E-state index in [4.69, 9.17) is 0 Å². The summed E-state index contributed by atoms with van der Waals surface area (Å²) in [7, 11) is -3.49. The van der Waals surface area contributed by atoms with E-state index in [1.54, 1.807) is 24.3 Å². The Bertz CT molecular complexity index is 1010. The van der Waals surface area contributed by atoms with Crippen LogP contribution in [-0.2, 0) is 14.8 Å². The van der Waals surface area contributed by atoms with Crippen molar-refractivity contribution in [3.05, 3.63) is 59.7 Å². The number of aliphatic imine (C=N–C) groups is 1. The van der Waals surface area contributed by atoms with E-state index in [-0.39, 0.29) is 10.8 Å². The van der Waals surface area contributed by atoms with Gasteiger partial charge in [-0.1, -0.05) is 44.5 Å². The molecule has 0 saturated heterocycles. The quantitative estimate of drug-likeness (QED) is 0.580. The molecule has 1 aliphatic rings. The summed E-state index contributed by atoms with van der Waals surface area (Å²) in [4.78, 5) is 16.8. The number of amidine groups is 1. The number of hydrogen-bond acceptors (Lipinski definition) is 4. The van der Waals surface area contributed by atoms with Crippen LogP contribution < -0.4 is 10.0 Å². The van der Waals surface area contributed by atoms with Gasteiger partial charge >= 0.3 is 0 Å². The predicted octanol–water partition coefficient (Wildman–Crippen LogP) is 4.44. The van der Waals surface area contributed by atoms with Crippen LogP contribution in [-0.4, -0.2) is 26.7 Å². The van der Waals surface area contributed by atoms with E-state index in [0.717, 1.165) is 31.4 Å². The van der Waals surface area contributed by atoms with Crippen LogP contribution in [0.25, 0.3) is 0 Å². The molecule has 0 spiro atoms. The van der Waals surface area contributed by atoms with Crippen LogP contribution in [0, 0.1) is 0 Å². The molecule has 1 atom stereocenters. The lowest BCUT2D eigenvalue weighted by molar-refractivity contribution is -0.116. The van der Waals surface area contributed by atoms with Gasteiger partial charge in [-0.2, -0.15) is 0 Å². The highest BCUT2D eigenvalue weighted by Crippen LogP contribution is 2.22. The second-order valence-electron chi connectivity index (χ2n) is 7.62. The lowest BCUT2D eigenvalue weighted by Gasteiger charge is -2.10. The number of carbonyl (C=O) groups excluding carboxylic acids is 1. The second kappa shape index (κ2) is 9.89. The third kappa shape index (κ3) is 5.48. The molecular weight excluding hydrogens is 398 g/mol. The molecule has 0 bridgehead atoms. The van der Waals surface area contributed by atoms with Crippen molar-refractivity contribution in [3.8, 4) is 0 Å². The topological polar surface area (TPSA) is 87.6 Å². The number of amides is 1. The van der Waals surface area contributed by atoms with Crippen LogP contribution in [0.3, 0.4) is 0 Å². The second-order valence-corrected chi connectivity index (χ2v) is 9.27. The van der Waals surface area contributed by atoms with Gasteiger partial charge in [-0.3, -0.25) is 14.5 Å². The van der Waals surface area contributed by atoms with Crippen LogP contribution in [0.1, 0.15) is 63.0 Å². The van der Waals surface area contributed by atoms with Gasteiger partial charge in [0.25, 0.3) is 10.0 Å². The summed E-state index contributed by atoms with van der Waals surface area (Å²) >= 11 is 0. The number of rotatable bonds is 9. The van der Waals surface area contributed by atoms with Gasteiger partial charge in [-0.25, -0.2) is 8.42 Å². The number of nitrogens with zero attached hydrogens (tertiary/aromatic N) is 1. The van der Waals surface area contributed by atoms with Crippen LogP contribution in [0.15, 0.2) is 58.4 Å². The van der Waals surface area contributed by atoms with Crippen molar-refractivity contribution in [1.29, 1.82) is 0 Å². The fourth-order valence-electron chi connectivity index (χ4n) is 3.37. The highest BCUT2D eigenvalue weighted by molar-refractivity contribution is 7.90. The highest BCUT2D eigenvalue weighted by Gasteiger charge is 2.29. The number of unbranched alkanes of at least 4 members (excludes halogenated alkanes) is 2. The molecular formula is C23H29N3O3S. The fraction of sp³-hybridized carbons (Fsp3) is 0.391. The molecule has 2 N–H and O–H groups in total. The molecule has 1 heterocycles. The Kier molecular flexibility index (Phi) is 7.26. The largest absolute Gasteiger partial charge is 0.326 e. The zero-order valence-corrected chi connectivity index (χ0v) is 18.3. The van der Waals surface area contributed by atoms with Crippen LogP contribution >= 0.6 is 0 Å². The van der Waals surface area contributed by atoms with Gasteiger partial charge in [0, 0.05) is 24.2 Å². The Hall–Kier alpha value is -2.67. The predicted molar refractivity (Wildman–Crippen MR) is 120 cm³/mol. The molecule has 0 aromatic heterocycles. The van der Waals surface area contributed by atoms with Crippen molar-refractivity contribution in [2.45, 2.75) is 56.8 Å². The summed E-state index contributed by atoms with van der Waals surface area (Å²) < 4.78 is 26.6. The number of carbonyl (C=O) groups is 1. The minimum Gasteiger partial charge on any atom is -0.326 e. The van der Waals surface area contributed by atoms with E-state index in [2.05, 4.69) is 41.0 Å². The molecule has 0 fully saturated rings. The first-order chi connectivity index (χ1) is 14.4. The zero-order chi connectivity index (χ0) is 21.6. The molecule has 0 aliphatic carbocycles. The van der Waals surface area contributed by atoms with Gasteiger partial charge in [-0.15, -0.1) is 0 Å². The van der Waals surface area contributed by atoms with Gasteiger partial charge < -0.3 is 5.32 Å². The first kappa shape index (κ1) is 22.0. The van der Waals surface area contributed by atoms with Crippen molar-refractivity contribution in [2.24, 2.45) is 4.99 Å². The van der Waals surface area contributed by atoms with Crippen LogP contribution in [0.2, 0.25) is 0 Å². The van der Waals surface area contributed by atoms with Crippen molar-refractivity contribution in [1.82, 2.24) is 4.72 Å². The average molecular weight is 428 g/mol. The number of fused-ring (bicyclic) bond motifs is 1. The Labute approximate surface area is 178 Å². The lowest BCUT2D eigenvalue weighted by Crippen LogP contribution is -2.22. The van der Waals surface area contributed by atoms with Gasteiger partial charge in [0.2, 0.25) is 5.91 Å². The zero-order valence-electron chi connectivity index (χ0n) is 17.5. The average Bonchev–Trinajstić information content (AvgIpc) is 3.01. The summed E-state index contributed by atoms with van der Waals surface area (Å²) in [5, 5.41) is 2.94. The monoisotopic (exact) mass is 427 g/mol. The van der Waals surface area contributed by atoms with E-state index in [9.17, 15) is 13.2 Å². The number of benzene rings is 2. The van der Waals surface area contributed by atoms with Crippen LogP contribution in [0.4, 0.5) is 5.69 Å². The molecule has 1 amide bonds. The molecule has 2 aromatic rings. The normalized spacial score (nSPS) is 16.7. The number of nitrogens with one attached hydrogen (secondary N) is 2. The molecule has 160 valence electrons. The van der Waals surface area contributed by atoms with E-state index < -0.39 is 10.0 Å². The summed E-state index contributed by atoms with van der Waals surface area (Å²) in [6.07, 6.45) is 3.97. The fourth-order valence-corrected chi connectivity index (χ4v) is 4.62. The first-order valence-corrected chi connectivity index (χ1v) is 12.0. The Morgan fingerprint density at radius 3 is 2.53 bits per heavy atom. The molecule has 3 rings (SSSR count). The van der Waals surface area contributed by atoms with Crippen LogP contribution in [0.5, 0.6) is 0 Å². The Morgan fingerprint density at radius 2 is 1.80 bits per heavy atom. The van der Waals surface area contributed by atoms with Gasteiger partial charge in [-0.05, 0) is 55.0 Å². The van der Waals surface area contributed by atoms with E-state index in [1.807, 2.05) is 12.1 Å². The minimum absolute atomic E-state index is 0.00934. The Balaban J connectivity index is 1.39. The summed E-state index contributed by atoms with van der Waals surface area (Å²) in [5.74, 6) is 0.936. The molecule has 1 aliphatic heterocycles.